The summed E-state index contributed by atoms with van der Waals surface area (Å²) < 4.78 is 38.0. The van der Waals surface area contributed by atoms with Gasteiger partial charge >= 0.3 is 26.1 Å². The van der Waals surface area contributed by atoms with Crippen molar-refractivity contribution in [2.24, 2.45) is 34.5 Å². The number of carboxylic acids is 1. The van der Waals surface area contributed by atoms with Gasteiger partial charge in [0.05, 0.1) is 73.0 Å². The van der Waals surface area contributed by atoms with Crippen LogP contribution in [0.4, 0.5) is 0 Å². The Labute approximate surface area is 432 Å². The first-order valence-electron chi connectivity index (χ1n) is 26.6. The number of carbonyl (C=O) groups is 4. The summed E-state index contributed by atoms with van der Waals surface area (Å²) in [5.41, 5.74) is 2.22. The third-order valence-electron chi connectivity index (χ3n) is 17.9. The highest BCUT2D eigenvalue weighted by atomic mass is 16.7. The highest BCUT2D eigenvalue weighted by Gasteiger charge is 2.70. The van der Waals surface area contributed by atoms with Crippen LogP contribution in [0.3, 0.4) is 0 Å². The van der Waals surface area contributed by atoms with Gasteiger partial charge in [-0.3, -0.25) is 19.2 Å². The summed E-state index contributed by atoms with van der Waals surface area (Å²) in [7, 11) is -0.940. The quantitative estimate of drug-likeness (QED) is 0.138. The number of nitriles is 1. The fourth-order valence-electron chi connectivity index (χ4n) is 13.5. The maximum absolute atomic E-state index is 13.2. The molecule has 4 saturated heterocycles. The zero-order valence-corrected chi connectivity index (χ0v) is 43.6. The van der Waals surface area contributed by atoms with Crippen LogP contribution in [-0.2, 0) is 60.1 Å². The lowest BCUT2D eigenvalue weighted by atomic mass is 9.43. The van der Waals surface area contributed by atoms with E-state index in [1.54, 1.807) is 4.90 Å². The van der Waals surface area contributed by atoms with Gasteiger partial charge in [-0.15, -0.1) is 0 Å². The van der Waals surface area contributed by atoms with Crippen LogP contribution in [0.2, 0.25) is 0 Å². The number of hydrogen-bond donors (Lipinski definition) is 3. The van der Waals surface area contributed by atoms with Crippen LogP contribution >= 0.6 is 0 Å². The number of amides is 3. The number of carbonyl (C=O) groups excluding carboxylic acids is 3. The molecule has 16 nitrogen and oxygen atoms in total. The Kier molecular flexibility index (Phi) is 17.1. The Hall–Kier alpha value is -4.81. The van der Waals surface area contributed by atoms with Gasteiger partial charge in [0.25, 0.3) is 6.54 Å². The number of rotatable bonds is 14. The van der Waals surface area contributed by atoms with Gasteiger partial charge in [0.1, 0.15) is 6.42 Å². The van der Waals surface area contributed by atoms with E-state index in [2.05, 4.69) is 69.2 Å². The standard InChI is InChI=1S/C27H36BN3O5.C25H36BNO4.C3H3NO2/c1-26(2)19-13-21(26)27(3)22(14-19)35-28(36-27)23(12-18-8-6-5-7-9-18)30-24(32)15-20-17-31(10-11-34-20)25(33)16-29-4;1-24(2)18-14-20(24)25(3)21(15-18)30-26(31-25)22(13-17-9-5-4-6-10-17)27-23(28)16-19-11-7-8-12-29-19;4-2-1-3(5)6/h5-9,19-23H,10-17H2,1-3H3,(H,30,32);4-6,9-10,18-22H,7-8,11-16H2,1-3H3,(H,27,28);1H2,(H,5,6)/t19-,20-,21-,22+,23-,27-;18-,19+,20-,21+,22-,25-;/m00./s1. The van der Waals surface area contributed by atoms with Gasteiger partial charge in [-0.25, -0.2) is 6.57 Å². The van der Waals surface area contributed by atoms with Gasteiger partial charge in [-0.1, -0.05) is 88.4 Å². The van der Waals surface area contributed by atoms with E-state index in [1.165, 1.54) is 24.5 Å². The van der Waals surface area contributed by atoms with Crippen molar-refractivity contribution >= 4 is 37.9 Å². The largest absolute Gasteiger partial charge is 0.482 e. The SMILES string of the molecule is CC1(C)[C@@H]2C[C@H]3OB([C@H](Cc4ccccc4)NC(=O)C[C@H]4CCCCO4)O[C@@]3(C)[C@H]1C2.N#CCC(=O)O.[C-]#[N+]CC(=O)N1CCO[C@@H](CC(=O)N[C@@H](Cc2ccccc2)B2O[C@@H]3C[C@@H]4C[C@@H](C4(C)C)[C@]3(C)O2)C1. The van der Waals surface area contributed by atoms with Crippen LogP contribution in [0.15, 0.2) is 60.7 Å². The van der Waals surface area contributed by atoms with Crippen molar-refractivity contribution < 1.29 is 52.4 Å². The second kappa shape index (κ2) is 23.0. The van der Waals surface area contributed by atoms with Crippen molar-refractivity contribution in [2.75, 3.05) is 32.8 Å². The van der Waals surface area contributed by atoms with Crippen LogP contribution in [0.1, 0.15) is 117 Å². The lowest BCUT2D eigenvalue weighted by Crippen LogP contribution is -2.65. The molecule has 392 valence electrons. The lowest BCUT2D eigenvalue weighted by Gasteiger charge is -2.64. The van der Waals surface area contributed by atoms with E-state index in [4.69, 9.17) is 45.0 Å². The number of aliphatic carboxylic acids is 1. The lowest BCUT2D eigenvalue weighted by molar-refractivity contribution is -0.199. The number of ether oxygens (including phenoxy) is 2. The Morgan fingerprint density at radius 1 is 0.753 bits per heavy atom. The van der Waals surface area contributed by atoms with Gasteiger partial charge in [0.2, 0.25) is 11.8 Å². The molecule has 3 amide bonds. The summed E-state index contributed by atoms with van der Waals surface area (Å²) in [4.78, 5) is 52.4. The second-order valence-corrected chi connectivity index (χ2v) is 23.2. The van der Waals surface area contributed by atoms with Crippen LogP contribution in [0.25, 0.3) is 4.85 Å². The summed E-state index contributed by atoms with van der Waals surface area (Å²) in [6.07, 6.45) is 8.87. The molecule has 4 aliphatic heterocycles. The van der Waals surface area contributed by atoms with Crippen molar-refractivity contribution in [2.45, 2.75) is 166 Å². The minimum absolute atomic E-state index is 0.0321. The Balaban J connectivity index is 0.000000177. The molecule has 2 aromatic carbocycles. The average Bonchev–Trinajstić information content (AvgIpc) is 3.92. The summed E-state index contributed by atoms with van der Waals surface area (Å²) in [5, 5.41) is 21.7. The Morgan fingerprint density at radius 2 is 1.25 bits per heavy atom. The molecular weight excluding hydrogens is 928 g/mol. The Bertz CT molecular complexity index is 2350. The van der Waals surface area contributed by atoms with Crippen molar-refractivity contribution in [1.82, 2.24) is 15.5 Å². The molecule has 0 radical (unpaired) electrons. The first-order chi connectivity index (χ1) is 34.8. The minimum atomic E-state index is -1.07. The van der Waals surface area contributed by atoms with Crippen molar-refractivity contribution in [1.29, 1.82) is 5.26 Å². The molecule has 10 aliphatic rings. The van der Waals surface area contributed by atoms with Crippen molar-refractivity contribution in [3.8, 4) is 6.07 Å². The molecule has 12 rings (SSSR count). The maximum atomic E-state index is 13.2. The molecule has 6 aliphatic carbocycles. The summed E-state index contributed by atoms with van der Waals surface area (Å²) in [6.45, 7) is 22.5. The molecule has 6 saturated carbocycles. The molecule has 4 heterocycles. The third kappa shape index (κ3) is 12.2. The highest BCUT2D eigenvalue weighted by molar-refractivity contribution is 6.48. The maximum Gasteiger partial charge on any atom is 0.482 e. The van der Waals surface area contributed by atoms with E-state index >= 15 is 0 Å². The zero-order valence-electron chi connectivity index (χ0n) is 43.6. The molecule has 10 fully saturated rings. The van der Waals surface area contributed by atoms with Gasteiger partial charge in [-0.2, -0.15) is 5.26 Å². The highest BCUT2D eigenvalue weighted by Crippen LogP contribution is 2.67. The van der Waals surface area contributed by atoms with Gasteiger partial charge in [-0.05, 0) is 117 Å². The molecule has 12 atom stereocenters. The Morgan fingerprint density at radius 3 is 1.67 bits per heavy atom. The predicted octanol–water partition coefficient (Wildman–Crippen LogP) is 6.44. The number of nitrogens with zero attached hydrogens (tertiary/aromatic N) is 3. The van der Waals surface area contributed by atoms with Gasteiger partial charge in [0, 0.05) is 19.7 Å². The number of morpholine rings is 1. The molecule has 3 N–H and O–H groups in total. The van der Waals surface area contributed by atoms with Gasteiger partial charge in [0.15, 0.2) is 0 Å². The number of hydrogen-bond acceptors (Lipinski definition) is 11. The van der Waals surface area contributed by atoms with Crippen molar-refractivity contribution in [3.63, 3.8) is 0 Å². The summed E-state index contributed by atoms with van der Waals surface area (Å²) in [6, 6.07) is 21.8. The van der Waals surface area contributed by atoms with Gasteiger partial charge < -0.3 is 53.6 Å². The third-order valence-corrected chi connectivity index (χ3v) is 17.9. The summed E-state index contributed by atoms with van der Waals surface area (Å²) >= 11 is 0. The topological polar surface area (TPSA) is 199 Å². The molecule has 0 aromatic heterocycles. The number of benzene rings is 2. The minimum Gasteiger partial charge on any atom is -0.480 e. The predicted molar refractivity (Wildman–Crippen MR) is 273 cm³/mol. The number of nitrogens with one attached hydrogen (secondary N) is 2. The van der Waals surface area contributed by atoms with Crippen LogP contribution in [0, 0.1) is 52.4 Å². The van der Waals surface area contributed by atoms with Crippen LogP contribution < -0.4 is 10.6 Å². The molecule has 4 bridgehead atoms. The summed E-state index contributed by atoms with van der Waals surface area (Å²) in [5.74, 6) is 0.363. The monoisotopic (exact) mass is 1000 g/mol. The van der Waals surface area contributed by atoms with E-state index in [0.29, 0.717) is 68.0 Å². The number of carboxylic acid groups (broad SMARTS) is 1. The normalized spacial score (nSPS) is 32.6. The van der Waals surface area contributed by atoms with E-state index in [1.807, 2.05) is 48.5 Å². The molecule has 73 heavy (non-hydrogen) atoms. The molecule has 0 spiro atoms. The molecule has 18 heteroatoms. The van der Waals surface area contributed by atoms with Crippen LogP contribution in [-0.4, -0.2) is 128 Å². The fraction of sp³-hybridized carbons (Fsp3) is 0.673. The van der Waals surface area contributed by atoms with E-state index in [9.17, 15) is 19.2 Å². The second-order valence-electron chi connectivity index (χ2n) is 23.2. The smallest absolute Gasteiger partial charge is 0.480 e. The van der Waals surface area contributed by atoms with E-state index in [-0.39, 0.29) is 77.5 Å². The van der Waals surface area contributed by atoms with Crippen molar-refractivity contribution in [3.05, 3.63) is 83.2 Å². The molecular formula is C55H75B2N5O11. The van der Waals surface area contributed by atoms with Crippen LogP contribution in [0.5, 0.6) is 0 Å². The first-order valence-corrected chi connectivity index (χ1v) is 26.6. The zero-order chi connectivity index (χ0) is 52.1. The first kappa shape index (κ1) is 54.5. The average molecular weight is 1000 g/mol. The molecule has 0 unspecified atom stereocenters. The van der Waals surface area contributed by atoms with E-state index in [0.717, 1.165) is 44.3 Å². The molecule has 2 aromatic rings. The fourth-order valence-corrected chi connectivity index (χ4v) is 13.5. The van der Waals surface area contributed by atoms with E-state index < -0.39 is 32.7 Å².